The van der Waals surface area contributed by atoms with Gasteiger partial charge >= 0.3 is 0 Å². The van der Waals surface area contributed by atoms with E-state index in [4.69, 9.17) is 0 Å². The second-order valence-electron chi connectivity index (χ2n) is 2.96. The van der Waals surface area contributed by atoms with Crippen LogP contribution in [0.15, 0.2) is 41.9 Å². The van der Waals surface area contributed by atoms with E-state index in [0.717, 1.165) is 11.4 Å². The van der Waals surface area contributed by atoms with Gasteiger partial charge in [0.15, 0.2) is 0 Å². The second kappa shape index (κ2) is 4.79. The maximum absolute atomic E-state index is 4.05. The van der Waals surface area contributed by atoms with Crippen molar-refractivity contribution in [1.82, 2.24) is 15.0 Å². The lowest BCUT2D eigenvalue weighted by Crippen LogP contribution is -1.93. The van der Waals surface area contributed by atoms with Crippen LogP contribution >= 0.6 is 11.8 Å². The number of hydrogen-bond donors (Lipinski definition) is 0. The molecule has 1 aromatic carbocycles. The van der Waals surface area contributed by atoms with Gasteiger partial charge in [0.25, 0.3) is 0 Å². The highest BCUT2D eigenvalue weighted by atomic mass is 32.2. The number of hydrogen-bond acceptors (Lipinski definition) is 3. The topological polar surface area (TPSA) is 30.7 Å². The van der Waals surface area contributed by atoms with Crippen molar-refractivity contribution in [2.75, 3.05) is 6.26 Å². The molecule has 1 aromatic heterocycles. The molecule has 0 aliphatic carbocycles. The minimum absolute atomic E-state index is 0.869. The zero-order valence-electron chi connectivity index (χ0n) is 8.37. The van der Waals surface area contributed by atoms with Crippen molar-refractivity contribution < 1.29 is 0 Å². The summed E-state index contributed by atoms with van der Waals surface area (Å²) >= 11 is 1.64. The Bertz CT molecular complexity index is 448. The van der Waals surface area contributed by atoms with Crippen LogP contribution in [0.2, 0.25) is 0 Å². The molecule has 0 radical (unpaired) electrons. The number of aromatic nitrogens is 3. The zero-order chi connectivity index (χ0) is 10.5. The normalized spacial score (nSPS) is 11.0. The first-order valence-corrected chi connectivity index (χ1v) is 5.86. The van der Waals surface area contributed by atoms with Gasteiger partial charge in [0.2, 0.25) is 0 Å². The number of nitrogens with zero attached hydrogens (tertiary/aromatic N) is 3. The van der Waals surface area contributed by atoms with Crippen molar-refractivity contribution >= 4 is 17.8 Å². The van der Waals surface area contributed by atoms with Gasteiger partial charge in [-0.2, -0.15) is 0 Å². The molecular weight excluding hydrogens is 206 g/mol. The Morgan fingerprint density at radius 3 is 2.80 bits per heavy atom. The van der Waals surface area contributed by atoms with Gasteiger partial charge in [-0.1, -0.05) is 23.4 Å². The Morgan fingerprint density at radius 2 is 2.07 bits per heavy atom. The molecule has 0 saturated heterocycles. The van der Waals surface area contributed by atoms with Gasteiger partial charge in [-0.3, -0.25) is 0 Å². The van der Waals surface area contributed by atoms with Crippen LogP contribution in [0.4, 0.5) is 0 Å². The second-order valence-corrected chi connectivity index (χ2v) is 3.71. The summed E-state index contributed by atoms with van der Waals surface area (Å²) in [5, 5.41) is 10.1. The highest BCUT2D eigenvalue weighted by Gasteiger charge is 1.98. The molecule has 76 valence electrons. The lowest BCUT2D eigenvalue weighted by Gasteiger charge is -1.96. The van der Waals surface area contributed by atoms with Crippen LogP contribution in [0.1, 0.15) is 5.69 Å². The molecule has 4 heteroatoms. The average Bonchev–Trinajstić information content (AvgIpc) is 2.76. The third kappa shape index (κ3) is 2.47. The minimum atomic E-state index is 0.869. The van der Waals surface area contributed by atoms with Crippen molar-refractivity contribution in [3.8, 4) is 5.69 Å². The minimum Gasteiger partial charge on any atom is -0.220 e. The van der Waals surface area contributed by atoms with Gasteiger partial charge in [-0.05, 0) is 29.9 Å². The Labute approximate surface area is 92.8 Å². The summed E-state index contributed by atoms with van der Waals surface area (Å²) < 4.78 is 1.76. The van der Waals surface area contributed by atoms with Gasteiger partial charge < -0.3 is 0 Å². The highest BCUT2D eigenvalue weighted by molar-refractivity contribution is 8.01. The van der Waals surface area contributed by atoms with Crippen molar-refractivity contribution in [1.29, 1.82) is 0 Å². The van der Waals surface area contributed by atoms with Gasteiger partial charge in [-0.15, -0.1) is 16.9 Å². The van der Waals surface area contributed by atoms with Gasteiger partial charge in [0.05, 0.1) is 11.9 Å². The Kier molecular flexibility index (Phi) is 3.19. The molecular formula is C11H11N3S. The Balaban J connectivity index is 2.24. The molecule has 15 heavy (non-hydrogen) atoms. The molecule has 0 aliphatic rings. The summed E-state index contributed by atoms with van der Waals surface area (Å²) in [5.74, 6) is 0. The number of rotatable bonds is 3. The number of thioether (sulfide) groups is 1. The molecule has 0 aliphatic heterocycles. The zero-order valence-corrected chi connectivity index (χ0v) is 9.19. The Morgan fingerprint density at radius 1 is 1.27 bits per heavy atom. The molecule has 3 nitrogen and oxygen atoms in total. The lowest BCUT2D eigenvalue weighted by molar-refractivity contribution is 0.802. The smallest absolute Gasteiger partial charge is 0.106 e. The van der Waals surface area contributed by atoms with E-state index in [1.54, 1.807) is 16.4 Å². The molecule has 0 fully saturated rings. The first kappa shape index (κ1) is 9.98. The van der Waals surface area contributed by atoms with E-state index < -0.39 is 0 Å². The number of para-hydroxylation sites is 1. The van der Waals surface area contributed by atoms with Crippen LogP contribution in [0, 0.1) is 0 Å². The molecule has 0 bridgehead atoms. The molecule has 0 saturated carbocycles. The van der Waals surface area contributed by atoms with E-state index in [9.17, 15) is 0 Å². The number of benzene rings is 1. The van der Waals surface area contributed by atoms with Gasteiger partial charge in [0.1, 0.15) is 5.69 Å². The van der Waals surface area contributed by atoms with Crippen LogP contribution < -0.4 is 0 Å². The predicted octanol–water partition coefficient (Wildman–Crippen LogP) is 2.60. The lowest BCUT2D eigenvalue weighted by atomic mass is 10.3. The summed E-state index contributed by atoms with van der Waals surface area (Å²) in [6, 6.07) is 9.94. The molecule has 2 aromatic rings. The van der Waals surface area contributed by atoms with Crippen LogP contribution in [0.5, 0.6) is 0 Å². The summed E-state index contributed by atoms with van der Waals surface area (Å²) in [5.41, 5.74) is 1.89. The third-order valence-corrected chi connectivity index (χ3v) is 2.31. The van der Waals surface area contributed by atoms with Crippen molar-refractivity contribution in [2.24, 2.45) is 0 Å². The molecule has 0 N–H and O–H groups in total. The summed E-state index contributed by atoms with van der Waals surface area (Å²) in [4.78, 5) is 0. The van der Waals surface area contributed by atoms with Crippen LogP contribution in [0.25, 0.3) is 11.8 Å². The van der Waals surface area contributed by atoms with Crippen LogP contribution in [0.3, 0.4) is 0 Å². The van der Waals surface area contributed by atoms with E-state index in [-0.39, 0.29) is 0 Å². The van der Waals surface area contributed by atoms with Crippen molar-refractivity contribution in [3.05, 3.63) is 47.6 Å². The van der Waals surface area contributed by atoms with Gasteiger partial charge in [0, 0.05) is 0 Å². The molecule has 0 unspecified atom stereocenters. The van der Waals surface area contributed by atoms with E-state index in [1.165, 1.54) is 0 Å². The first-order chi connectivity index (χ1) is 7.40. The van der Waals surface area contributed by atoms with Crippen LogP contribution in [-0.2, 0) is 0 Å². The predicted molar refractivity (Wildman–Crippen MR) is 63.9 cm³/mol. The van der Waals surface area contributed by atoms with E-state index in [2.05, 4.69) is 10.3 Å². The van der Waals surface area contributed by atoms with E-state index >= 15 is 0 Å². The van der Waals surface area contributed by atoms with Gasteiger partial charge in [-0.25, -0.2) is 4.68 Å². The van der Waals surface area contributed by atoms with E-state index in [1.807, 2.05) is 54.3 Å². The quantitative estimate of drug-likeness (QED) is 0.791. The molecule has 1 heterocycles. The van der Waals surface area contributed by atoms with Crippen molar-refractivity contribution in [3.63, 3.8) is 0 Å². The summed E-state index contributed by atoms with van der Waals surface area (Å²) in [6.07, 6.45) is 5.86. The maximum atomic E-state index is 4.05. The standard InChI is InChI=1S/C11H11N3S/c1-15-8-7-10-9-14(13-12-10)11-5-3-2-4-6-11/h2-9H,1H3. The fourth-order valence-electron chi connectivity index (χ4n) is 1.20. The molecule has 2 rings (SSSR count). The molecule has 0 atom stereocenters. The highest BCUT2D eigenvalue weighted by Crippen LogP contribution is 2.07. The van der Waals surface area contributed by atoms with E-state index in [0.29, 0.717) is 0 Å². The Hall–Kier alpha value is -1.55. The first-order valence-electron chi connectivity index (χ1n) is 4.57. The molecule has 0 amide bonds. The fraction of sp³-hybridized carbons (Fsp3) is 0.0909. The summed E-state index contributed by atoms with van der Waals surface area (Å²) in [6.45, 7) is 0. The molecule has 0 spiro atoms. The SMILES string of the molecule is CSC=Cc1cn(-c2ccccc2)nn1. The largest absolute Gasteiger partial charge is 0.220 e. The fourth-order valence-corrected chi connectivity index (χ4v) is 1.47. The summed E-state index contributed by atoms with van der Waals surface area (Å²) in [7, 11) is 0. The monoisotopic (exact) mass is 217 g/mol. The van der Waals surface area contributed by atoms with Crippen molar-refractivity contribution in [2.45, 2.75) is 0 Å². The van der Waals surface area contributed by atoms with Crippen LogP contribution in [-0.4, -0.2) is 21.2 Å². The average molecular weight is 217 g/mol. The maximum Gasteiger partial charge on any atom is 0.106 e. The third-order valence-electron chi connectivity index (χ3n) is 1.91.